The third-order valence-electron chi connectivity index (χ3n) is 2.16. The Labute approximate surface area is 92.6 Å². The van der Waals surface area contributed by atoms with E-state index in [0.717, 1.165) is 5.69 Å². The lowest BCUT2D eigenvalue weighted by Crippen LogP contribution is -2.11. The van der Waals surface area contributed by atoms with E-state index in [-0.39, 0.29) is 11.5 Å². The van der Waals surface area contributed by atoms with E-state index in [2.05, 4.69) is 19.9 Å². The van der Waals surface area contributed by atoms with Crippen LogP contribution in [0.15, 0.2) is 29.5 Å². The summed E-state index contributed by atoms with van der Waals surface area (Å²) in [6.07, 6.45) is 4.72. The smallest absolute Gasteiger partial charge is 0.251 e. The lowest BCUT2D eigenvalue weighted by atomic mass is 10.1. The van der Waals surface area contributed by atoms with Crippen LogP contribution >= 0.6 is 0 Å². The molecule has 0 unspecified atom stereocenters. The van der Waals surface area contributed by atoms with Gasteiger partial charge in [-0.1, -0.05) is 13.8 Å². The highest BCUT2D eigenvalue weighted by molar-refractivity contribution is 5.46. The van der Waals surface area contributed by atoms with Gasteiger partial charge in [-0.2, -0.15) is 0 Å². The summed E-state index contributed by atoms with van der Waals surface area (Å²) in [5, 5.41) is 0. The zero-order valence-electron chi connectivity index (χ0n) is 9.14. The molecule has 2 heterocycles. The van der Waals surface area contributed by atoms with Crippen molar-refractivity contribution >= 4 is 0 Å². The Morgan fingerprint density at radius 3 is 2.75 bits per heavy atom. The van der Waals surface area contributed by atoms with Crippen LogP contribution in [0.2, 0.25) is 0 Å². The molecule has 82 valence electrons. The van der Waals surface area contributed by atoms with Gasteiger partial charge in [0, 0.05) is 18.5 Å². The minimum absolute atomic E-state index is 0.167. The van der Waals surface area contributed by atoms with Gasteiger partial charge in [-0.15, -0.1) is 0 Å². The van der Waals surface area contributed by atoms with Gasteiger partial charge in [0.1, 0.15) is 5.69 Å². The molecule has 2 aromatic heterocycles. The lowest BCUT2D eigenvalue weighted by molar-refractivity contribution is 0.810. The molecule has 0 fully saturated rings. The Kier molecular flexibility index (Phi) is 2.76. The van der Waals surface area contributed by atoms with Crippen LogP contribution in [-0.4, -0.2) is 19.9 Å². The fraction of sp³-hybridized carbons (Fsp3) is 0.273. The zero-order chi connectivity index (χ0) is 11.5. The van der Waals surface area contributed by atoms with Gasteiger partial charge in [0.25, 0.3) is 5.56 Å². The van der Waals surface area contributed by atoms with Crippen molar-refractivity contribution < 1.29 is 0 Å². The van der Waals surface area contributed by atoms with Gasteiger partial charge in [-0.3, -0.25) is 9.78 Å². The normalized spacial score (nSPS) is 10.7. The highest BCUT2D eigenvalue weighted by atomic mass is 16.1. The van der Waals surface area contributed by atoms with Crippen molar-refractivity contribution in [3.05, 3.63) is 40.7 Å². The van der Waals surface area contributed by atoms with E-state index in [9.17, 15) is 4.79 Å². The average Bonchev–Trinajstić information content (AvgIpc) is 2.29. The van der Waals surface area contributed by atoms with Crippen LogP contribution in [0.1, 0.15) is 25.5 Å². The summed E-state index contributed by atoms with van der Waals surface area (Å²) in [6, 6.07) is 1.50. The quantitative estimate of drug-likeness (QED) is 0.822. The summed E-state index contributed by atoms with van der Waals surface area (Å²) in [6.45, 7) is 3.98. The Balaban J connectivity index is 2.54. The monoisotopic (exact) mass is 216 g/mol. The minimum Gasteiger partial charge on any atom is -0.305 e. The molecule has 1 N–H and O–H groups in total. The van der Waals surface area contributed by atoms with Gasteiger partial charge >= 0.3 is 0 Å². The van der Waals surface area contributed by atoms with Crippen molar-refractivity contribution in [1.82, 2.24) is 19.9 Å². The number of aromatic nitrogens is 4. The molecule has 0 atom stereocenters. The van der Waals surface area contributed by atoms with Gasteiger partial charge in [0.05, 0.1) is 11.9 Å². The number of nitrogens with zero attached hydrogens (tertiary/aromatic N) is 3. The second-order valence-corrected chi connectivity index (χ2v) is 3.76. The second kappa shape index (κ2) is 4.22. The maximum atomic E-state index is 11.4. The van der Waals surface area contributed by atoms with Crippen LogP contribution in [-0.2, 0) is 0 Å². The Bertz CT molecular complexity index is 533. The predicted octanol–water partition coefficient (Wildman–Crippen LogP) is 1.35. The Morgan fingerprint density at radius 2 is 2.12 bits per heavy atom. The zero-order valence-corrected chi connectivity index (χ0v) is 9.14. The topological polar surface area (TPSA) is 71.5 Å². The summed E-state index contributed by atoms with van der Waals surface area (Å²) in [4.78, 5) is 26.5. The van der Waals surface area contributed by atoms with E-state index in [4.69, 9.17) is 0 Å². The SMILES string of the molecule is CC(C)c1cc(=O)[nH]c(-c2cnccn2)n1. The molecule has 0 amide bonds. The van der Waals surface area contributed by atoms with E-state index >= 15 is 0 Å². The lowest BCUT2D eigenvalue weighted by Gasteiger charge is -2.05. The van der Waals surface area contributed by atoms with Crippen LogP contribution in [0.3, 0.4) is 0 Å². The average molecular weight is 216 g/mol. The van der Waals surface area contributed by atoms with Gasteiger partial charge in [-0.05, 0) is 5.92 Å². The summed E-state index contributed by atoms with van der Waals surface area (Å²) in [7, 11) is 0. The van der Waals surface area contributed by atoms with Crippen molar-refractivity contribution in [2.75, 3.05) is 0 Å². The first-order valence-electron chi connectivity index (χ1n) is 5.04. The van der Waals surface area contributed by atoms with E-state index in [1.807, 2.05) is 13.8 Å². The predicted molar refractivity (Wildman–Crippen MR) is 60.0 cm³/mol. The summed E-state index contributed by atoms with van der Waals surface area (Å²) in [5.74, 6) is 0.669. The van der Waals surface area contributed by atoms with Gasteiger partial charge in [0.2, 0.25) is 0 Å². The summed E-state index contributed by atoms with van der Waals surface area (Å²) >= 11 is 0. The number of nitrogens with one attached hydrogen (secondary N) is 1. The highest BCUT2D eigenvalue weighted by Gasteiger charge is 2.07. The molecule has 5 heteroatoms. The maximum absolute atomic E-state index is 11.4. The number of hydrogen-bond acceptors (Lipinski definition) is 4. The van der Waals surface area contributed by atoms with Crippen molar-refractivity contribution in [1.29, 1.82) is 0 Å². The second-order valence-electron chi connectivity index (χ2n) is 3.76. The van der Waals surface area contributed by atoms with E-state index in [1.165, 1.54) is 6.07 Å². The molecule has 0 spiro atoms. The summed E-state index contributed by atoms with van der Waals surface area (Å²) in [5.41, 5.74) is 1.16. The van der Waals surface area contributed by atoms with Crippen molar-refractivity contribution in [3.8, 4) is 11.5 Å². The van der Waals surface area contributed by atoms with Crippen molar-refractivity contribution in [3.63, 3.8) is 0 Å². The third kappa shape index (κ3) is 2.13. The molecule has 0 aliphatic rings. The van der Waals surface area contributed by atoms with Crippen LogP contribution in [0, 0.1) is 0 Å². The molecule has 5 nitrogen and oxygen atoms in total. The molecule has 0 aliphatic carbocycles. The first-order chi connectivity index (χ1) is 7.66. The fourth-order valence-electron chi connectivity index (χ4n) is 1.31. The first-order valence-corrected chi connectivity index (χ1v) is 5.04. The maximum Gasteiger partial charge on any atom is 0.251 e. The van der Waals surface area contributed by atoms with Gasteiger partial charge in [0.15, 0.2) is 5.82 Å². The molecule has 0 aromatic carbocycles. The van der Waals surface area contributed by atoms with Crippen molar-refractivity contribution in [2.24, 2.45) is 0 Å². The van der Waals surface area contributed by atoms with E-state index in [1.54, 1.807) is 18.6 Å². The molecule has 0 aliphatic heterocycles. The standard InChI is InChI=1S/C11H12N4O/c1-7(2)8-5-10(16)15-11(14-8)9-6-12-3-4-13-9/h3-7H,1-2H3,(H,14,15,16). The fourth-order valence-corrected chi connectivity index (χ4v) is 1.31. The van der Waals surface area contributed by atoms with Crippen molar-refractivity contribution in [2.45, 2.75) is 19.8 Å². The Morgan fingerprint density at radius 1 is 1.31 bits per heavy atom. The third-order valence-corrected chi connectivity index (χ3v) is 2.16. The largest absolute Gasteiger partial charge is 0.305 e. The molecule has 0 bridgehead atoms. The summed E-state index contributed by atoms with van der Waals surface area (Å²) < 4.78 is 0. The molecular formula is C11H12N4O. The van der Waals surface area contributed by atoms with Crippen LogP contribution < -0.4 is 5.56 Å². The first kappa shape index (κ1) is 10.5. The van der Waals surface area contributed by atoms with Crippen LogP contribution in [0.5, 0.6) is 0 Å². The Hall–Kier alpha value is -2.04. The molecule has 2 aromatic rings. The molecule has 0 saturated carbocycles. The molecule has 16 heavy (non-hydrogen) atoms. The van der Waals surface area contributed by atoms with Gasteiger partial charge in [-0.25, -0.2) is 9.97 Å². The minimum atomic E-state index is -0.167. The molecule has 2 rings (SSSR count). The van der Waals surface area contributed by atoms with E-state index < -0.39 is 0 Å². The highest BCUT2D eigenvalue weighted by Crippen LogP contribution is 2.13. The number of H-pyrrole nitrogens is 1. The molecular weight excluding hydrogens is 204 g/mol. The van der Waals surface area contributed by atoms with Crippen LogP contribution in [0.25, 0.3) is 11.5 Å². The van der Waals surface area contributed by atoms with Crippen LogP contribution in [0.4, 0.5) is 0 Å². The number of aromatic amines is 1. The van der Waals surface area contributed by atoms with Gasteiger partial charge < -0.3 is 4.98 Å². The molecule has 0 saturated heterocycles. The molecule has 0 radical (unpaired) electrons. The van der Waals surface area contributed by atoms with E-state index in [0.29, 0.717) is 11.5 Å². The number of rotatable bonds is 2. The number of hydrogen-bond donors (Lipinski definition) is 1.